The molecule has 0 fully saturated rings. The second-order valence-corrected chi connectivity index (χ2v) is 5.34. The smallest absolute Gasteiger partial charge is 0.261 e. The van der Waals surface area contributed by atoms with Crippen molar-refractivity contribution >= 4 is 33.1 Å². The Kier molecular flexibility index (Phi) is 4.29. The molecule has 0 amide bonds. The molecule has 0 aliphatic rings. The number of benzene rings is 1. The van der Waals surface area contributed by atoms with E-state index >= 15 is 0 Å². The Bertz CT molecular complexity index is 746. The fourth-order valence-corrected chi connectivity index (χ4v) is 2.26. The lowest BCUT2D eigenvalue weighted by Crippen LogP contribution is -2.29. The van der Waals surface area contributed by atoms with Gasteiger partial charge in [0.25, 0.3) is 5.56 Å². The third-order valence-corrected chi connectivity index (χ3v) is 3.59. The first-order valence-corrected chi connectivity index (χ1v) is 6.73. The van der Waals surface area contributed by atoms with E-state index in [1.165, 1.54) is 18.3 Å². The van der Waals surface area contributed by atoms with Gasteiger partial charge in [-0.2, -0.15) is 0 Å². The van der Waals surface area contributed by atoms with Crippen LogP contribution in [0, 0.1) is 11.6 Å². The number of hydrogen-bond donors (Lipinski definition) is 1. The minimum Gasteiger partial charge on any atom is -0.389 e. The van der Waals surface area contributed by atoms with Crippen LogP contribution in [0.3, 0.4) is 0 Å². The topological polar surface area (TPSA) is 48.0 Å². The average molecular weight is 359 g/mol. The zero-order chi connectivity index (χ0) is 14.9. The Morgan fingerprint density at radius 1 is 1.35 bits per heavy atom. The van der Waals surface area contributed by atoms with Crippen molar-refractivity contribution in [3.63, 3.8) is 0 Å². The Labute approximate surface area is 127 Å². The number of nitrogens with two attached hydrogens (primary N) is 1. The van der Waals surface area contributed by atoms with Crippen LogP contribution in [0.5, 0.6) is 0 Å². The maximum absolute atomic E-state index is 13.9. The molecule has 2 N–H and O–H groups in total. The van der Waals surface area contributed by atoms with Crippen molar-refractivity contribution in [1.82, 2.24) is 4.57 Å². The van der Waals surface area contributed by atoms with Gasteiger partial charge < -0.3 is 10.3 Å². The third kappa shape index (κ3) is 2.78. The first kappa shape index (κ1) is 14.8. The molecule has 2 rings (SSSR count). The first-order valence-electron chi connectivity index (χ1n) is 5.53. The number of hydrogen-bond acceptors (Lipinski definition) is 2. The summed E-state index contributed by atoms with van der Waals surface area (Å²) in [6.45, 7) is -0.244. The Hall–Kier alpha value is -1.60. The van der Waals surface area contributed by atoms with Crippen molar-refractivity contribution in [2.24, 2.45) is 5.73 Å². The molecule has 0 bridgehead atoms. The summed E-state index contributed by atoms with van der Waals surface area (Å²) in [5.41, 5.74) is 4.87. The zero-order valence-electron chi connectivity index (χ0n) is 10.1. The summed E-state index contributed by atoms with van der Waals surface area (Å²) in [5, 5.41) is 0. The average Bonchev–Trinajstić information content (AvgIpc) is 2.40. The van der Waals surface area contributed by atoms with Crippen LogP contribution in [0.1, 0.15) is 11.1 Å². The Morgan fingerprint density at radius 2 is 2.05 bits per heavy atom. The van der Waals surface area contributed by atoms with E-state index in [0.29, 0.717) is 0 Å². The van der Waals surface area contributed by atoms with Gasteiger partial charge in [0, 0.05) is 11.8 Å². The van der Waals surface area contributed by atoms with E-state index in [2.05, 4.69) is 15.9 Å². The molecule has 7 heteroatoms. The van der Waals surface area contributed by atoms with Crippen molar-refractivity contribution in [2.75, 3.05) is 0 Å². The van der Waals surface area contributed by atoms with Crippen LogP contribution in [0.25, 0.3) is 0 Å². The van der Waals surface area contributed by atoms with Crippen LogP contribution in [0.15, 0.2) is 39.7 Å². The molecule has 0 spiro atoms. The standard InChI is InChI=1S/C13H9BrF2N2OS/c14-9-3-4-10(15)8(11(9)16)6-18-5-1-2-7(12(17)20)13(18)19/h1-5H,6H2,(H2,17,20). The molecule has 0 atom stereocenters. The molecule has 0 unspecified atom stereocenters. The summed E-state index contributed by atoms with van der Waals surface area (Å²) in [4.78, 5) is 12.0. The summed E-state index contributed by atoms with van der Waals surface area (Å²) in [6, 6.07) is 5.41. The number of thiocarbonyl (C=S) groups is 1. The van der Waals surface area contributed by atoms with Crippen LogP contribution in [-0.2, 0) is 6.54 Å². The maximum Gasteiger partial charge on any atom is 0.261 e. The largest absolute Gasteiger partial charge is 0.389 e. The predicted molar refractivity (Wildman–Crippen MR) is 79.7 cm³/mol. The maximum atomic E-state index is 13.9. The quantitative estimate of drug-likeness (QED) is 0.677. The molecule has 3 nitrogen and oxygen atoms in total. The van der Waals surface area contributed by atoms with E-state index < -0.39 is 17.2 Å². The zero-order valence-corrected chi connectivity index (χ0v) is 12.5. The van der Waals surface area contributed by atoms with E-state index in [1.54, 1.807) is 6.07 Å². The molecule has 0 saturated carbocycles. The lowest BCUT2D eigenvalue weighted by Gasteiger charge is -2.10. The van der Waals surface area contributed by atoms with Crippen molar-refractivity contribution in [3.05, 3.63) is 68.1 Å². The van der Waals surface area contributed by atoms with E-state index in [-0.39, 0.29) is 27.1 Å². The molecule has 20 heavy (non-hydrogen) atoms. The number of nitrogens with zero attached hydrogens (tertiary/aromatic N) is 1. The molecular formula is C13H9BrF2N2OS. The van der Waals surface area contributed by atoms with Crippen LogP contribution >= 0.6 is 28.1 Å². The molecule has 0 radical (unpaired) electrons. The lowest BCUT2D eigenvalue weighted by molar-refractivity contribution is 0.537. The number of rotatable bonds is 3. The molecular weight excluding hydrogens is 350 g/mol. The van der Waals surface area contributed by atoms with E-state index in [1.807, 2.05) is 0 Å². The third-order valence-electron chi connectivity index (χ3n) is 2.75. The fraction of sp³-hybridized carbons (Fsp3) is 0.0769. The predicted octanol–water partition coefficient (Wildman–Crippen LogP) is 2.57. The van der Waals surface area contributed by atoms with Crippen molar-refractivity contribution in [1.29, 1.82) is 0 Å². The normalized spacial score (nSPS) is 10.6. The van der Waals surface area contributed by atoms with Crippen molar-refractivity contribution in [2.45, 2.75) is 6.54 Å². The summed E-state index contributed by atoms with van der Waals surface area (Å²) < 4.78 is 28.9. The van der Waals surface area contributed by atoms with E-state index in [0.717, 1.165) is 10.6 Å². The molecule has 1 heterocycles. The Morgan fingerprint density at radius 3 is 2.70 bits per heavy atom. The monoisotopic (exact) mass is 358 g/mol. The highest BCUT2D eigenvalue weighted by molar-refractivity contribution is 9.10. The van der Waals surface area contributed by atoms with Crippen LogP contribution < -0.4 is 11.3 Å². The molecule has 0 aliphatic carbocycles. The van der Waals surface area contributed by atoms with Gasteiger partial charge in [-0.05, 0) is 40.2 Å². The van der Waals surface area contributed by atoms with Gasteiger partial charge in [0.05, 0.1) is 16.6 Å². The minimum atomic E-state index is -0.738. The fourth-order valence-electron chi connectivity index (χ4n) is 1.73. The summed E-state index contributed by atoms with van der Waals surface area (Å²) in [5.74, 6) is -1.46. The lowest BCUT2D eigenvalue weighted by atomic mass is 10.2. The molecule has 0 saturated heterocycles. The van der Waals surface area contributed by atoms with Crippen LogP contribution in [0.2, 0.25) is 0 Å². The first-order chi connectivity index (χ1) is 9.41. The number of aromatic nitrogens is 1. The van der Waals surface area contributed by atoms with Gasteiger partial charge in [0.15, 0.2) is 0 Å². The van der Waals surface area contributed by atoms with Crippen LogP contribution in [0.4, 0.5) is 8.78 Å². The number of halogens is 3. The van der Waals surface area contributed by atoms with Gasteiger partial charge in [-0.3, -0.25) is 4.79 Å². The summed E-state index contributed by atoms with van der Waals surface area (Å²) >= 11 is 7.73. The van der Waals surface area contributed by atoms with Gasteiger partial charge in [0.1, 0.15) is 16.6 Å². The van der Waals surface area contributed by atoms with E-state index in [9.17, 15) is 13.6 Å². The minimum absolute atomic E-state index is 0.0560. The van der Waals surface area contributed by atoms with Gasteiger partial charge >= 0.3 is 0 Å². The molecule has 2 aromatic rings. The van der Waals surface area contributed by atoms with Gasteiger partial charge in [-0.25, -0.2) is 8.78 Å². The Balaban J connectivity index is 2.52. The molecule has 1 aromatic carbocycles. The SMILES string of the molecule is NC(=S)c1cccn(Cc2c(F)ccc(Br)c2F)c1=O. The van der Waals surface area contributed by atoms with Gasteiger partial charge in [0.2, 0.25) is 0 Å². The molecule has 0 aliphatic heterocycles. The van der Waals surface area contributed by atoms with Gasteiger partial charge in [-0.15, -0.1) is 0 Å². The second-order valence-electron chi connectivity index (χ2n) is 4.04. The van der Waals surface area contributed by atoms with Crippen molar-refractivity contribution < 1.29 is 8.78 Å². The van der Waals surface area contributed by atoms with Gasteiger partial charge in [-0.1, -0.05) is 12.2 Å². The molecule has 104 valence electrons. The van der Waals surface area contributed by atoms with E-state index in [4.69, 9.17) is 18.0 Å². The highest BCUT2D eigenvalue weighted by Crippen LogP contribution is 2.22. The summed E-state index contributed by atoms with van der Waals surface area (Å²) in [6.07, 6.45) is 1.42. The van der Waals surface area contributed by atoms with Crippen LogP contribution in [-0.4, -0.2) is 9.56 Å². The highest BCUT2D eigenvalue weighted by atomic mass is 79.9. The number of pyridine rings is 1. The molecule has 1 aromatic heterocycles. The second kappa shape index (κ2) is 5.80. The van der Waals surface area contributed by atoms with Crippen molar-refractivity contribution in [3.8, 4) is 0 Å². The highest BCUT2D eigenvalue weighted by Gasteiger charge is 2.14. The summed E-state index contributed by atoms with van der Waals surface area (Å²) in [7, 11) is 0.